The topological polar surface area (TPSA) is 107 Å². The van der Waals surface area contributed by atoms with E-state index in [1.807, 2.05) is 13.8 Å². The quantitative estimate of drug-likeness (QED) is 0.118. The van der Waals surface area contributed by atoms with Crippen molar-refractivity contribution in [3.63, 3.8) is 0 Å². The number of esters is 2. The van der Waals surface area contributed by atoms with Gasteiger partial charge in [0.1, 0.15) is 0 Å². The van der Waals surface area contributed by atoms with Crippen molar-refractivity contribution in [2.45, 2.75) is 116 Å². The molecule has 0 aromatic carbocycles. The smallest absolute Gasteiger partial charge is 1.00 e. The van der Waals surface area contributed by atoms with Gasteiger partial charge in [0.15, 0.2) is 5.25 Å². The Kier molecular flexibility index (Phi) is 22.5. The average Bonchev–Trinajstić information content (AvgIpc) is 2.75. The summed E-state index contributed by atoms with van der Waals surface area (Å²) in [7, 11) is -4.78. The van der Waals surface area contributed by atoms with Gasteiger partial charge in [-0.15, -0.1) is 0 Å². The third-order valence-electron chi connectivity index (χ3n) is 6.00. The van der Waals surface area contributed by atoms with Crippen LogP contribution >= 0.6 is 0 Å². The SMILES string of the molecule is CCCCCCC(CC)COC(=O)CC(C(=O)OCC(CC)CCCCCC)S(=O)(=O)O.[H-].[Na+]. The van der Waals surface area contributed by atoms with E-state index in [-0.39, 0.29) is 56.0 Å². The van der Waals surface area contributed by atoms with Gasteiger partial charge in [-0.05, 0) is 24.7 Å². The van der Waals surface area contributed by atoms with Crippen molar-refractivity contribution in [2.75, 3.05) is 13.2 Å². The van der Waals surface area contributed by atoms with E-state index in [1.165, 1.54) is 6.42 Å². The molecular weight excluding hydrogens is 455 g/mol. The fourth-order valence-corrected chi connectivity index (χ4v) is 4.21. The zero-order chi connectivity index (χ0) is 24.4. The van der Waals surface area contributed by atoms with Crippen LogP contribution in [0.2, 0.25) is 0 Å². The molecule has 1 N–H and O–H groups in total. The second-order valence-corrected chi connectivity index (χ2v) is 10.4. The van der Waals surface area contributed by atoms with Gasteiger partial charge >= 0.3 is 41.5 Å². The van der Waals surface area contributed by atoms with Gasteiger partial charge < -0.3 is 10.9 Å². The molecule has 0 aliphatic rings. The third-order valence-corrected chi connectivity index (χ3v) is 7.08. The molecule has 0 bridgehead atoms. The Hall–Kier alpha value is -0.150. The minimum atomic E-state index is -4.78. The Bertz CT molecular complexity index is 616. The molecule has 0 aromatic rings. The number of hydrogen-bond donors (Lipinski definition) is 1. The second kappa shape index (κ2) is 21.2. The summed E-state index contributed by atoms with van der Waals surface area (Å²) in [4.78, 5) is 24.5. The first-order valence-electron chi connectivity index (χ1n) is 12.5. The fourth-order valence-electron chi connectivity index (χ4n) is 3.55. The van der Waals surface area contributed by atoms with Crippen LogP contribution in [-0.4, -0.2) is 43.4 Å². The number of rotatable bonds is 20. The standard InChI is InChI=1S/C24H46O7S.Na.H/c1-5-9-11-13-15-20(7-3)18-30-23(25)17-22(32(27,28)29)24(26)31-19-21(8-4)16-14-12-10-6-2;;/h20-22H,5-19H2,1-4H3,(H,27,28,29);;/q;+1;-1. The van der Waals surface area contributed by atoms with Crippen molar-refractivity contribution >= 4 is 22.1 Å². The summed E-state index contributed by atoms with van der Waals surface area (Å²) in [5.41, 5.74) is 0. The first-order chi connectivity index (χ1) is 15.2. The molecule has 0 spiro atoms. The summed E-state index contributed by atoms with van der Waals surface area (Å²) in [5.74, 6) is -1.58. The summed E-state index contributed by atoms with van der Waals surface area (Å²) >= 11 is 0. The van der Waals surface area contributed by atoms with Gasteiger partial charge in [-0.25, -0.2) is 0 Å². The van der Waals surface area contributed by atoms with Crippen molar-refractivity contribution in [2.24, 2.45) is 11.8 Å². The number of carbonyl (C=O) groups excluding carboxylic acids is 2. The number of hydrogen-bond acceptors (Lipinski definition) is 6. The maximum atomic E-state index is 12.4. The molecule has 3 unspecified atom stereocenters. The van der Waals surface area contributed by atoms with Gasteiger partial charge in [0, 0.05) is 0 Å². The van der Waals surface area contributed by atoms with E-state index in [0.717, 1.165) is 70.6 Å². The normalized spacial score (nSPS) is 14.1. The average molecular weight is 503 g/mol. The third kappa shape index (κ3) is 17.9. The number of ether oxygens (including phenoxy) is 2. The maximum absolute atomic E-state index is 12.4. The van der Waals surface area contributed by atoms with Crippen LogP contribution in [0.25, 0.3) is 0 Å². The molecule has 0 aromatic heterocycles. The van der Waals surface area contributed by atoms with Crippen LogP contribution < -0.4 is 29.6 Å². The van der Waals surface area contributed by atoms with Crippen molar-refractivity contribution in [3.05, 3.63) is 0 Å². The van der Waals surface area contributed by atoms with Gasteiger partial charge in [-0.3, -0.25) is 14.1 Å². The van der Waals surface area contributed by atoms with Gasteiger partial charge in [0.2, 0.25) is 0 Å². The zero-order valence-electron chi connectivity index (χ0n) is 22.6. The molecule has 7 nitrogen and oxygen atoms in total. The Morgan fingerprint density at radius 2 is 1.24 bits per heavy atom. The van der Waals surface area contributed by atoms with Crippen molar-refractivity contribution < 1.29 is 63.0 Å². The Morgan fingerprint density at radius 1 is 0.788 bits per heavy atom. The second-order valence-electron chi connectivity index (χ2n) is 8.77. The van der Waals surface area contributed by atoms with E-state index in [9.17, 15) is 22.6 Å². The minimum absolute atomic E-state index is 0. The van der Waals surface area contributed by atoms with Gasteiger partial charge in [-0.2, -0.15) is 8.42 Å². The first-order valence-corrected chi connectivity index (χ1v) is 14.0. The molecule has 192 valence electrons. The molecule has 9 heteroatoms. The maximum Gasteiger partial charge on any atom is 1.00 e. The van der Waals surface area contributed by atoms with Gasteiger partial charge in [0.25, 0.3) is 10.1 Å². The summed E-state index contributed by atoms with van der Waals surface area (Å²) in [6, 6.07) is 0. The molecule has 0 heterocycles. The summed E-state index contributed by atoms with van der Waals surface area (Å²) in [6.07, 6.45) is 11.7. The Labute approximate surface area is 225 Å². The molecule has 0 rings (SSSR count). The molecule has 33 heavy (non-hydrogen) atoms. The minimum Gasteiger partial charge on any atom is -1.00 e. The van der Waals surface area contributed by atoms with Crippen LogP contribution in [0.1, 0.15) is 113 Å². The van der Waals surface area contributed by atoms with Gasteiger partial charge in [-0.1, -0.05) is 91.9 Å². The van der Waals surface area contributed by atoms with Crippen molar-refractivity contribution in [3.8, 4) is 0 Å². The summed E-state index contributed by atoms with van der Waals surface area (Å²) in [6.45, 7) is 8.55. The summed E-state index contributed by atoms with van der Waals surface area (Å²) in [5, 5.41) is -1.95. The number of unbranched alkanes of at least 4 members (excludes halogenated alkanes) is 6. The summed E-state index contributed by atoms with van der Waals surface area (Å²) < 4.78 is 43.3. The molecule has 0 aliphatic heterocycles. The Morgan fingerprint density at radius 3 is 1.64 bits per heavy atom. The van der Waals surface area contributed by atoms with Crippen LogP contribution in [0.15, 0.2) is 0 Å². The predicted molar refractivity (Wildman–Crippen MR) is 128 cm³/mol. The van der Waals surface area contributed by atoms with Crippen LogP contribution in [-0.2, 0) is 29.2 Å². The van der Waals surface area contributed by atoms with E-state index in [0.29, 0.717) is 0 Å². The van der Waals surface area contributed by atoms with Crippen LogP contribution in [0.5, 0.6) is 0 Å². The molecule has 0 radical (unpaired) electrons. The van der Waals surface area contributed by atoms with Gasteiger partial charge in [0.05, 0.1) is 19.6 Å². The van der Waals surface area contributed by atoms with Crippen molar-refractivity contribution in [1.29, 1.82) is 0 Å². The van der Waals surface area contributed by atoms with Crippen LogP contribution in [0, 0.1) is 11.8 Å². The van der Waals surface area contributed by atoms with E-state index in [4.69, 9.17) is 9.47 Å². The molecule has 0 saturated heterocycles. The molecule has 3 atom stereocenters. The number of carbonyl (C=O) groups is 2. The Balaban J connectivity index is -0.00000480. The zero-order valence-corrected chi connectivity index (χ0v) is 24.5. The van der Waals surface area contributed by atoms with E-state index >= 15 is 0 Å². The van der Waals surface area contributed by atoms with Crippen LogP contribution in [0.4, 0.5) is 0 Å². The fraction of sp³-hybridized carbons (Fsp3) is 0.917. The van der Waals surface area contributed by atoms with E-state index in [2.05, 4.69) is 13.8 Å². The molecule has 0 aliphatic carbocycles. The van der Waals surface area contributed by atoms with E-state index in [1.54, 1.807) is 0 Å². The first kappa shape index (κ1) is 35.0. The van der Waals surface area contributed by atoms with E-state index < -0.39 is 33.7 Å². The molecular formula is C24H47NaO7S. The van der Waals surface area contributed by atoms with Crippen LogP contribution in [0.3, 0.4) is 0 Å². The van der Waals surface area contributed by atoms with Crippen molar-refractivity contribution in [1.82, 2.24) is 0 Å². The molecule has 0 amide bonds. The predicted octanol–water partition coefficient (Wildman–Crippen LogP) is 2.83. The largest absolute Gasteiger partial charge is 1.00 e. The molecule has 0 saturated carbocycles. The molecule has 0 fully saturated rings. The monoisotopic (exact) mass is 502 g/mol.